The van der Waals surface area contributed by atoms with Gasteiger partial charge in [-0.25, -0.2) is 0 Å². The fraction of sp³-hybridized carbons (Fsp3) is 0.0714. The minimum Gasteiger partial charge on any atom is -0.508 e. The van der Waals surface area contributed by atoms with Gasteiger partial charge in [-0.15, -0.1) is 0 Å². The Bertz CT molecular complexity index is 520. The number of hydrogen-bond donors (Lipinski definition) is 2. The van der Waals surface area contributed by atoms with E-state index < -0.39 is 0 Å². The quantitative estimate of drug-likeness (QED) is 0.891. The lowest BCUT2D eigenvalue weighted by Gasteiger charge is -2.07. The Balaban J connectivity index is 2.06. The number of carbonyl (C=O) groups is 1. The van der Waals surface area contributed by atoms with Gasteiger partial charge < -0.3 is 10.4 Å². The van der Waals surface area contributed by atoms with Crippen molar-refractivity contribution in [1.29, 1.82) is 0 Å². The van der Waals surface area contributed by atoms with E-state index in [4.69, 9.17) is 11.6 Å². The van der Waals surface area contributed by atoms with Crippen LogP contribution in [0.3, 0.4) is 0 Å². The Morgan fingerprint density at radius 2 is 1.78 bits per heavy atom. The standard InChI is InChI=1S/C14H12ClNO2/c15-11-6-2-3-7-12(11)16-14(18)9-10-5-1-4-8-13(10)17/h1-8,17H,9H2,(H,16,18). The van der Waals surface area contributed by atoms with Gasteiger partial charge in [0.1, 0.15) is 5.75 Å². The number of hydrogen-bond acceptors (Lipinski definition) is 2. The highest BCUT2D eigenvalue weighted by molar-refractivity contribution is 6.33. The first-order valence-corrected chi connectivity index (χ1v) is 5.86. The maximum Gasteiger partial charge on any atom is 0.228 e. The van der Waals surface area contributed by atoms with Crippen LogP contribution in [0.1, 0.15) is 5.56 Å². The second kappa shape index (κ2) is 5.56. The molecule has 18 heavy (non-hydrogen) atoms. The molecule has 0 aliphatic heterocycles. The van der Waals surface area contributed by atoms with Gasteiger partial charge in [0.05, 0.1) is 17.1 Å². The zero-order valence-electron chi connectivity index (χ0n) is 9.56. The third-order valence-electron chi connectivity index (χ3n) is 2.49. The first kappa shape index (κ1) is 12.5. The molecule has 0 heterocycles. The van der Waals surface area contributed by atoms with E-state index in [2.05, 4.69) is 5.32 Å². The minimum atomic E-state index is -0.218. The van der Waals surface area contributed by atoms with Gasteiger partial charge >= 0.3 is 0 Å². The van der Waals surface area contributed by atoms with Crippen LogP contribution < -0.4 is 5.32 Å². The molecule has 0 fully saturated rings. The number of benzene rings is 2. The molecule has 2 rings (SSSR count). The number of amides is 1. The van der Waals surface area contributed by atoms with Crippen molar-refractivity contribution in [2.24, 2.45) is 0 Å². The highest BCUT2D eigenvalue weighted by Gasteiger charge is 2.08. The Hall–Kier alpha value is -2.00. The molecule has 2 aromatic rings. The molecule has 0 aliphatic carbocycles. The molecule has 0 unspecified atom stereocenters. The number of phenolic OH excluding ortho intramolecular Hbond substituents is 1. The number of anilines is 1. The van der Waals surface area contributed by atoms with Gasteiger partial charge in [-0.2, -0.15) is 0 Å². The van der Waals surface area contributed by atoms with Crippen molar-refractivity contribution in [2.45, 2.75) is 6.42 Å². The maximum absolute atomic E-state index is 11.8. The molecule has 0 radical (unpaired) electrons. The summed E-state index contributed by atoms with van der Waals surface area (Å²) < 4.78 is 0. The SMILES string of the molecule is O=C(Cc1ccccc1O)Nc1ccccc1Cl. The van der Waals surface area contributed by atoms with E-state index in [-0.39, 0.29) is 18.1 Å². The zero-order valence-corrected chi connectivity index (χ0v) is 10.3. The van der Waals surface area contributed by atoms with E-state index in [1.807, 2.05) is 0 Å². The van der Waals surface area contributed by atoms with E-state index in [0.29, 0.717) is 16.3 Å². The van der Waals surface area contributed by atoms with Gasteiger partial charge in [-0.1, -0.05) is 41.9 Å². The van der Waals surface area contributed by atoms with Crippen LogP contribution in [0.25, 0.3) is 0 Å². The third-order valence-corrected chi connectivity index (χ3v) is 2.82. The highest BCUT2D eigenvalue weighted by Crippen LogP contribution is 2.21. The van der Waals surface area contributed by atoms with Crippen LogP contribution in [0.4, 0.5) is 5.69 Å². The predicted molar refractivity (Wildman–Crippen MR) is 71.9 cm³/mol. The highest BCUT2D eigenvalue weighted by atomic mass is 35.5. The van der Waals surface area contributed by atoms with Gasteiger partial charge in [0.25, 0.3) is 0 Å². The summed E-state index contributed by atoms with van der Waals surface area (Å²) in [5.74, 6) is -0.101. The molecular formula is C14H12ClNO2. The summed E-state index contributed by atoms with van der Waals surface area (Å²) in [6, 6.07) is 13.8. The normalized spacial score (nSPS) is 10.1. The monoisotopic (exact) mass is 261 g/mol. The van der Waals surface area contributed by atoms with Crippen LogP contribution in [0.2, 0.25) is 5.02 Å². The van der Waals surface area contributed by atoms with Crippen molar-refractivity contribution in [1.82, 2.24) is 0 Å². The Morgan fingerprint density at radius 3 is 2.50 bits per heavy atom. The molecule has 0 bridgehead atoms. The van der Waals surface area contributed by atoms with Crippen LogP contribution in [0.15, 0.2) is 48.5 Å². The molecule has 92 valence electrons. The first-order chi connectivity index (χ1) is 8.66. The summed E-state index contributed by atoms with van der Waals surface area (Å²) in [4.78, 5) is 11.8. The zero-order chi connectivity index (χ0) is 13.0. The van der Waals surface area contributed by atoms with Crippen LogP contribution in [0.5, 0.6) is 5.75 Å². The van der Waals surface area contributed by atoms with Crippen molar-refractivity contribution in [3.63, 3.8) is 0 Å². The van der Waals surface area contributed by atoms with E-state index in [1.54, 1.807) is 48.5 Å². The molecule has 3 nitrogen and oxygen atoms in total. The summed E-state index contributed by atoms with van der Waals surface area (Å²) in [6.45, 7) is 0. The fourth-order valence-corrected chi connectivity index (χ4v) is 1.77. The summed E-state index contributed by atoms with van der Waals surface area (Å²) in [7, 11) is 0. The van der Waals surface area contributed by atoms with Crippen LogP contribution in [-0.4, -0.2) is 11.0 Å². The summed E-state index contributed by atoms with van der Waals surface area (Å²) in [5.41, 5.74) is 1.15. The lowest BCUT2D eigenvalue weighted by Crippen LogP contribution is -2.14. The molecule has 0 spiro atoms. The van der Waals surface area contributed by atoms with Gasteiger partial charge in [0, 0.05) is 5.56 Å². The fourth-order valence-electron chi connectivity index (χ4n) is 1.59. The summed E-state index contributed by atoms with van der Waals surface area (Å²) in [6.07, 6.45) is 0.109. The molecule has 2 N–H and O–H groups in total. The maximum atomic E-state index is 11.8. The molecular weight excluding hydrogens is 250 g/mol. The van der Waals surface area contributed by atoms with Gasteiger partial charge in [0.2, 0.25) is 5.91 Å². The average Bonchev–Trinajstić information content (AvgIpc) is 2.35. The number of carbonyl (C=O) groups excluding carboxylic acids is 1. The first-order valence-electron chi connectivity index (χ1n) is 5.48. The van der Waals surface area contributed by atoms with Crippen molar-refractivity contribution in [3.8, 4) is 5.75 Å². The van der Waals surface area contributed by atoms with Crippen LogP contribution in [0, 0.1) is 0 Å². The van der Waals surface area contributed by atoms with Crippen molar-refractivity contribution in [2.75, 3.05) is 5.32 Å². The molecule has 0 atom stereocenters. The smallest absolute Gasteiger partial charge is 0.228 e. The molecule has 0 saturated carbocycles. The number of para-hydroxylation sites is 2. The Labute approximate surface area is 110 Å². The molecule has 4 heteroatoms. The van der Waals surface area contributed by atoms with Crippen molar-refractivity contribution in [3.05, 3.63) is 59.1 Å². The largest absolute Gasteiger partial charge is 0.508 e. The van der Waals surface area contributed by atoms with E-state index in [9.17, 15) is 9.90 Å². The second-order valence-electron chi connectivity index (χ2n) is 3.83. The molecule has 1 amide bonds. The van der Waals surface area contributed by atoms with E-state index in [0.717, 1.165) is 0 Å². The Kier molecular flexibility index (Phi) is 3.85. The number of aromatic hydroxyl groups is 1. The third kappa shape index (κ3) is 3.02. The summed E-state index contributed by atoms with van der Waals surface area (Å²) >= 11 is 5.94. The topological polar surface area (TPSA) is 49.3 Å². The lowest BCUT2D eigenvalue weighted by molar-refractivity contribution is -0.115. The van der Waals surface area contributed by atoms with E-state index >= 15 is 0 Å². The molecule has 0 aliphatic rings. The van der Waals surface area contributed by atoms with Gasteiger partial charge in [0.15, 0.2) is 0 Å². The average molecular weight is 262 g/mol. The predicted octanol–water partition coefficient (Wildman–Crippen LogP) is 3.23. The number of halogens is 1. The number of rotatable bonds is 3. The van der Waals surface area contributed by atoms with Crippen molar-refractivity contribution >= 4 is 23.2 Å². The van der Waals surface area contributed by atoms with Gasteiger partial charge in [-0.05, 0) is 18.2 Å². The molecule has 0 saturated heterocycles. The second-order valence-corrected chi connectivity index (χ2v) is 4.24. The van der Waals surface area contributed by atoms with Gasteiger partial charge in [-0.3, -0.25) is 4.79 Å². The lowest BCUT2D eigenvalue weighted by atomic mass is 10.1. The number of phenols is 1. The minimum absolute atomic E-state index is 0.109. The summed E-state index contributed by atoms with van der Waals surface area (Å²) in [5, 5.41) is 12.8. The molecule has 0 aromatic heterocycles. The van der Waals surface area contributed by atoms with E-state index in [1.165, 1.54) is 0 Å². The van der Waals surface area contributed by atoms with Crippen LogP contribution >= 0.6 is 11.6 Å². The van der Waals surface area contributed by atoms with Crippen molar-refractivity contribution < 1.29 is 9.90 Å². The molecule has 2 aromatic carbocycles. The Morgan fingerprint density at radius 1 is 1.11 bits per heavy atom. The number of nitrogens with one attached hydrogen (secondary N) is 1. The van der Waals surface area contributed by atoms with Crippen LogP contribution in [-0.2, 0) is 11.2 Å².